The number of hydrogen-bond acceptors (Lipinski definition) is 7. The Morgan fingerprint density at radius 2 is 1.81 bits per heavy atom. The van der Waals surface area contributed by atoms with Gasteiger partial charge in [0.25, 0.3) is 0 Å². The highest BCUT2D eigenvalue weighted by molar-refractivity contribution is 6.32. The fourth-order valence-corrected chi connectivity index (χ4v) is 0.596. The van der Waals surface area contributed by atoms with Gasteiger partial charge in [0.15, 0.2) is 0 Å². The summed E-state index contributed by atoms with van der Waals surface area (Å²) in [5.41, 5.74) is 5.21. The van der Waals surface area contributed by atoms with Crippen LogP contribution in [0, 0.1) is 0 Å². The maximum atomic E-state index is 11.0. The van der Waals surface area contributed by atoms with Gasteiger partial charge in [0, 0.05) is 13.3 Å². The first-order valence-corrected chi connectivity index (χ1v) is 4.25. The molecule has 0 bridgehead atoms. The molecule has 0 heterocycles. The van der Waals surface area contributed by atoms with Crippen molar-refractivity contribution in [1.29, 1.82) is 0 Å². The highest BCUT2D eigenvalue weighted by Crippen LogP contribution is 1.98. The fourth-order valence-electron chi connectivity index (χ4n) is 0.596. The van der Waals surface area contributed by atoms with Gasteiger partial charge in [-0.1, -0.05) is 0 Å². The molecule has 1 unspecified atom stereocenters. The Balaban J connectivity index is 3.92. The largest absolute Gasteiger partial charge is 0.481 e. The van der Waals surface area contributed by atoms with Crippen molar-refractivity contribution >= 4 is 23.7 Å². The first-order valence-electron chi connectivity index (χ1n) is 4.25. The molecule has 1 atom stereocenters. The first kappa shape index (κ1) is 14.0. The molecule has 8 heteroatoms. The second-order valence-corrected chi connectivity index (χ2v) is 2.87. The summed E-state index contributed by atoms with van der Waals surface area (Å²) in [6.45, 7) is 0.931. The van der Waals surface area contributed by atoms with Crippen LogP contribution in [-0.2, 0) is 29.0 Å². The number of aliphatic carboxylic acids is 1. The maximum Gasteiger partial charge on any atom is 0.421 e. The van der Waals surface area contributed by atoms with Crippen LogP contribution in [0.3, 0.4) is 0 Å². The minimum atomic E-state index is -1.33. The monoisotopic (exact) mass is 233 g/mol. The van der Waals surface area contributed by atoms with Crippen LogP contribution in [-0.4, -0.2) is 34.8 Å². The Morgan fingerprint density at radius 3 is 2.25 bits per heavy atom. The molecule has 3 N–H and O–H groups in total. The summed E-state index contributed by atoms with van der Waals surface area (Å²) in [4.78, 5) is 49.8. The molecule has 0 spiro atoms. The summed E-state index contributed by atoms with van der Waals surface area (Å²) in [5, 5.41) is 8.30. The molecular weight excluding hydrogens is 222 g/mol. The topological polar surface area (TPSA) is 133 Å². The lowest BCUT2D eigenvalue weighted by molar-refractivity contribution is -0.257. The molecule has 0 aliphatic rings. The van der Waals surface area contributed by atoms with Crippen molar-refractivity contribution < 1.29 is 34.1 Å². The van der Waals surface area contributed by atoms with Gasteiger partial charge in [-0.2, -0.15) is 0 Å². The van der Waals surface area contributed by atoms with Gasteiger partial charge >= 0.3 is 17.9 Å². The highest BCUT2D eigenvalue weighted by Gasteiger charge is 2.20. The van der Waals surface area contributed by atoms with Crippen LogP contribution in [0.15, 0.2) is 0 Å². The number of carboxylic acid groups (broad SMARTS) is 1. The SMILES string of the molecule is CC(=O)C(=O)OOC(=O)C(N)CCC(=O)O. The molecule has 0 amide bonds. The Morgan fingerprint density at radius 1 is 1.25 bits per heavy atom. The third-order valence-electron chi connectivity index (χ3n) is 1.46. The van der Waals surface area contributed by atoms with E-state index in [0.29, 0.717) is 0 Å². The molecular formula is C8H11NO7. The fraction of sp³-hybridized carbons (Fsp3) is 0.500. The van der Waals surface area contributed by atoms with Crippen molar-refractivity contribution in [3.63, 3.8) is 0 Å². The van der Waals surface area contributed by atoms with Crippen LogP contribution >= 0.6 is 0 Å². The van der Waals surface area contributed by atoms with Gasteiger partial charge in [-0.25, -0.2) is 19.4 Å². The van der Waals surface area contributed by atoms with Crippen molar-refractivity contribution in [2.24, 2.45) is 5.73 Å². The minimum absolute atomic E-state index is 0.161. The molecule has 90 valence electrons. The van der Waals surface area contributed by atoms with E-state index in [0.717, 1.165) is 6.92 Å². The summed E-state index contributed by atoms with van der Waals surface area (Å²) in [6, 6.07) is -1.23. The van der Waals surface area contributed by atoms with Crippen LogP contribution < -0.4 is 5.73 Å². The van der Waals surface area contributed by atoms with Crippen molar-refractivity contribution in [1.82, 2.24) is 0 Å². The zero-order valence-corrected chi connectivity index (χ0v) is 8.47. The average Bonchev–Trinajstić information content (AvgIpc) is 2.21. The quantitative estimate of drug-likeness (QED) is 0.342. The third-order valence-corrected chi connectivity index (χ3v) is 1.46. The average molecular weight is 233 g/mol. The van der Waals surface area contributed by atoms with Crippen LogP contribution in [0.25, 0.3) is 0 Å². The van der Waals surface area contributed by atoms with Crippen LogP contribution in [0.4, 0.5) is 0 Å². The molecule has 0 saturated heterocycles. The summed E-state index contributed by atoms with van der Waals surface area (Å²) in [7, 11) is 0. The van der Waals surface area contributed by atoms with Gasteiger partial charge in [-0.15, -0.1) is 0 Å². The summed E-state index contributed by atoms with van der Waals surface area (Å²) >= 11 is 0. The van der Waals surface area contributed by atoms with E-state index < -0.39 is 29.7 Å². The molecule has 0 fully saturated rings. The molecule has 0 rings (SSSR count). The number of nitrogens with two attached hydrogens (primary N) is 1. The lowest BCUT2D eigenvalue weighted by Gasteiger charge is -2.07. The number of carbonyl (C=O) groups excluding carboxylic acids is 3. The van der Waals surface area contributed by atoms with Gasteiger partial charge in [0.1, 0.15) is 6.04 Å². The highest BCUT2D eigenvalue weighted by atomic mass is 17.2. The van der Waals surface area contributed by atoms with Gasteiger partial charge in [-0.3, -0.25) is 9.59 Å². The molecule has 0 radical (unpaired) electrons. The number of rotatable bonds is 5. The molecule has 0 aliphatic heterocycles. The maximum absolute atomic E-state index is 11.0. The molecule has 0 saturated carbocycles. The number of Topliss-reactive ketones (excluding diaryl/α,β-unsaturated/α-hetero) is 1. The molecule has 16 heavy (non-hydrogen) atoms. The van der Waals surface area contributed by atoms with Gasteiger partial charge in [0.05, 0.1) is 0 Å². The van der Waals surface area contributed by atoms with Crippen LogP contribution in [0.1, 0.15) is 19.8 Å². The summed E-state index contributed by atoms with van der Waals surface area (Å²) < 4.78 is 0. The van der Waals surface area contributed by atoms with Crippen LogP contribution in [0.2, 0.25) is 0 Å². The second kappa shape index (κ2) is 6.51. The number of carboxylic acids is 1. The van der Waals surface area contributed by atoms with E-state index in [1.54, 1.807) is 0 Å². The Hall–Kier alpha value is -1.96. The third kappa shape index (κ3) is 5.70. The minimum Gasteiger partial charge on any atom is -0.481 e. The molecule has 0 aromatic heterocycles. The number of ketones is 1. The van der Waals surface area contributed by atoms with Crippen molar-refractivity contribution in [3.05, 3.63) is 0 Å². The Kier molecular flexibility index (Phi) is 5.71. The number of hydrogen-bond donors (Lipinski definition) is 2. The molecule has 8 nitrogen and oxygen atoms in total. The smallest absolute Gasteiger partial charge is 0.421 e. The van der Waals surface area contributed by atoms with E-state index in [4.69, 9.17) is 10.8 Å². The second-order valence-electron chi connectivity index (χ2n) is 2.87. The zero-order valence-electron chi connectivity index (χ0n) is 8.47. The van der Waals surface area contributed by atoms with E-state index >= 15 is 0 Å². The molecule has 0 aliphatic carbocycles. The van der Waals surface area contributed by atoms with E-state index in [1.165, 1.54) is 0 Å². The zero-order chi connectivity index (χ0) is 12.7. The van der Waals surface area contributed by atoms with E-state index in [9.17, 15) is 19.2 Å². The predicted octanol–water partition coefficient (Wildman–Crippen LogP) is -1.23. The van der Waals surface area contributed by atoms with Crippen molar-refractivity contribution in [3.8, 4) is 0 Å². The standard InChI is InChI=1S/C8H11NO7/c1-4(10)7(13)15-16-8(14)5(9)2-3-6(11)12/h5H,2-3,9H2,1H3,(H,11,12). The van der Waals surface area contributed by atoms with Crippen molar-refractivity contribution in [2.45, 2.75) is 25.8 Å². The Bertz CT molecular complexity index is 312. The molecule has 0 aromatic carbocycles. The van der Waals surface area contributed by atoms with Gasteiger partial charge < -0.3 is 10.8 Å². The first-order chi connectivity index (χ1) is 7.34. The van der Waals surface area contributed by atoms with Crippen molar-refractivity contribution in [2.75, 3.05) is 0 Å². The van der Waals surface area contributed by atoms with Gasteiger partial charge in [-0.05, 0) is 6.42 Å². The normalized spacial score (nSPS) is 11.4. The summed E-state index contributed by atoms with van der Waals surface area (Å²) in [6.07, 6.45) is -0.483. The predicted molar refractivity (Wildman–Crippen MR) is 47.7 cm³/mol. The van der Waals surface area contributed by atoms with Crippen LogP contribution in [0.5, 0.6) is 0 Å². The van der Waals surface area contributed by atoms with Gasteiger partial charge in [0.2, 0.25) is 5.78 Å². The number of carbonyl (C=O) groups is 4. The Labute approximate surface area is 90.2 Å². The van der Waals surface area contributed by atoms with E-state index in [-0.39, 0.29) is 12.8 Å². The lowest BCUT2D eigenvalue weighted by Crippen LogP contribution is -2.34. The van der Waals surface area contributed by atoms with E-state index in [2.05, 4.69) is 9.78 Å². The molecule has 0 aromatic rings. The summed E-state index contributed by atoms with van der Waals surface area (Å²) in [5.74, 6) is -4.51. The lowest BCUT2D eigenvalue weighted by atomic mass is 10.2. The van der Waals surface area contributed by atoms with E-state index in [1.807, 2.05) is 0 Å².